The van der Waals surface area contributed by atoms with Crippen molar-refractivity contribution in [1.82, 2.24) is 14.5 Å². The van der Waals surface area contributed by atoms with Gasteiger partial charge in [0.1, 0.15) is 30.5 Å². The fourth-order valence-corrected chi connectivity index (χ4v) is 3.74. The van der Waals surface area contributed by atoms with Gasteiger partial charge in [-0.15, -0.1) is 0 Å². The zero-order chi connectivity index (χ0) is 25.7. The number of rotatable bonds is 9. The SMILES string of the molecule is Cn1ccnc1C(=O)N(CC(=O)O)Cc1cccc(COc2ccc(-c3ccc(F)cc3F)cc2)c1. The summed E-state index contributed by atoms with van der Waals surface area (Å²) in [5.41, 5.74) is 2.45. The highest BCUT2D eigenvalue weighted by Crippen LogP contribution is 2.26. The third-order valence-corrected chi connectivity index (χ3v) is 5.49. The second-order valence-corrected chi connectivity index (χ2v) is 8.17. The van der Waals surface area contributed by atoms with Crippen molar-refractivity contribution in [3.05, 3.63) is 108 Å². The lowest BCUT2D eigenvalue weighted by Gasteiger charge is -2.21. The van der Waals surface area contributed by atoms with E-state index in [0.29, 0.717) is 16.9 Å². The number of carboxylic acid groups (broad SMARTS) is 1. The molecule has 0 radical (unpaired) electrons. The maximum atomic E-state index is 14.0. The molecule has 0 aliphatic heterocycles. The van der Waals surface area contributed by atoms with Gasteiger partial charge in [0, 0.05) is 37.6 Å². The number of aromatic nitrogens is 2. The maximum Gasteiger partial charge on any atom is 0.323 e. The van der Waals surface area contributed by atoms with Crippen LogP contribution in [-0.4, -0.2) is 38.0 Å². The predicted octanol–water partition coefficient (Wildman–Crippen LogP) is 4.67. The number of amides is 1. The number of carbonyl (C=O) groups is 2. The van der Waals surface area contributed by atoms with Crippen LogP contribution in [0.3, 0.4) is 0 Å². The molecule has 0 fully saturated rings. The Morgan fingerprint density at radius 1 is 1.03 bits per heavy atom. The van der Waals surface area contributed by atoms with E-state index in [1.54, 1.807) is 49.6 Å². The summed E-state index contributed by atoms with van der Waals surface area (Å²) in [6.07, 6.45) is 3.10. The van der Waals surface area contributed by atoms with Gasteiger partial charge in [0.15, 0.2) is 5.82 Å². The number of carboxylic acids is 1. The van der Waals surface area contributed by atoms with Crippen molar-refractivity contribution in [3.63, 3.8) is 0 Å². The molecule has 36 heavy (non-hydrogen) atoms. The second kappa shape index (κ2) is 10.8. The van der Waals surface area contributed by atoms with Gasteiger partial charge in [0.2, 0.25) is 0 Å². The normalized spacial score (nSPS) is 10.8. The number of carbonyl (C=O) groups excluding carboxylic acids is 1. The number of aryl methyl sites for hydroxylation is 1. The fraction of sp³-hybridized carbons (Fsp3) is 0.148. The third-order valence-electron chi connectivity index (χ3n) is 5.49. The maximum absolute atomic E-state index is 14.0. The highest BCUT2D eigenvalue weighted by molar-refractivity contribution is 5.92. The smallest absolute Gasteiger partial charge is 0.323 e. The molecule has 7 nitrogen and oxygen atoms in total. The predicted molar refractivity (Wildman–Crippen MR) is 128 cm³/mol. The Kier molecular flexibility index (Phi) is 7.39. The van der Waals surface area contributed by atoms with Crippen molar-refractivity contribution in [2.75, 3.05) is 6.54 Å². The molecule has 1 heterocycles. The van der Waals surface area contributed by atoms with E-state index in [0.717, 1.165) is 17.2 Å². The monoisotopic (exact) mass is 491 g/mol. The molecule has 4 rings (SSSR count). The van der Waals surface area contributed by atoms with Gasteiger partial charge in [-0.2, -0.15) is 0 Å². The first-order valence-electron chi connectivity index (χ1n) is 11.0. The Labute approximate surface area is 206 Å². The first kappa shape index (κ1) is 24.6. The first-order chi connectivity index (χ1) is 17.3. The van der Waals surface area contributed by atoms with Crippen molar-refractivity contribution in [2.45, 2.75) is 13.2 Å². The fourth-order valence-electron chi connectivity index (χ4n) is 3.74. The Morgan fingerprint density at radius 3 is 2.44 bits per heavy atom. The van der Waals surface area contributed by atoms with E-state index in [1.165, 1.54) is 27.8 Å². The van der Waals surface area contributed by atoms with Gasteiger partial charge in [-0.05, 0) is 41.0 Å². The van der Waals surface area contributed by atoms with Gasteiger partial charge < -0.3 is 19.3 Å². The number of halogens is 2. The van der Waals surface area contributed by atoms with Crippen molar-refractivity contribution < 1.29 is 28.2 Å². The highest BCUT2D eigenvalue weighted by atomic mass is 19.1. The zero-order valence-corrected chi connectivity index (χ0v) is 19.4. The number of hydrogen-bond donors (Lipinski definition) is 1. The molecule has 184 valence electrons. The van der Waals surface area contributed by atoms with Crippen LogP contribution < -0.4 is 4.74 Å². The summed E-state index contributed by atoms with van der Waals surface area (Å²) in [6, 6.07) is 17.5. The van der Waals surface area contributed by atoms with Crippen molar-refractivity contribution >= 4 is 11.9 Å². The number of benzene rings is 3. The lowest BCUT2D eigenvalue weighted by molar-refractivity contribution is -0.137. The summed E-state index contributed by atoms with van der Waals surface area (Å²) in [5.74, 6) is -2.17. The van der Waals surface area contributed by atoms with Gasteiger partial charge >= 0.3 is 5.97 Å². The number of hydrogen-bond acceptors (Lipinski definition) is 4. The van der Waals surface area contributed by atoms with Crippen molar-refractivity contribution in [1.29, 1.82) is 0 Å². The van der Waals surface area contributed by atoms with Gasteiger partial charge in [0.05, 0.1) is 0 Å². The molecule has 1 amide bonds. The van der Waals surface area contributed by atoms with Crippen LogP contribution in [-0.2, 0) is 25.0 Å². The number of imidazole rings is 1. The molecule has 1 aromatic heterocycles. The molecule has 3 aromatic carbocycles. The lowest BCUT2D eigenvalue weighted by Crippen LogP contribution is -2.36. The molecule has 1 N–H and O–H groups in total. The van der Waals surface area contributed by atoms with E-state index in [4.69, 9.17) is 4.74 Å². The van der Waals surface area contributed by atoms with Crippen LogP contribution in [0.5, 0.6) is 5.75 Å². The van der Waals surface area contributed by atoms with E-state index in [2.05, 4.69) is 4.98 Å². The summed E-state index contributed by atoms with van der Waals surface area (Å²) < 4.78 is 34.6. The van der Waals surface area contributed by atoms with Crippen LogP contribution in [0.15, 0.2) is 79.1 Å². The van der Waals surface area contributed by atoms with Gasteiger partial charge in [0.25, 0.3) is 5.91 Å². The van der Waals surface area contributed by atoms with Crippen LogP contribution >= 0.6 is 0 Å². The zero-order valence-electron chi connectivity index (χ0n) is 19.4. The number of ether oxygens (including phenoxy) is 1. The van der Waals surface area contributed by atoms with Crippen LogP contribution in [0.2, 0.25) is 0 Å². The van der Waals surface area contributed by atoms with Crippen molar-refractivity contribution in [2.24, 2.45) is 7.05 Å². The van der Waals surface area contributed by atoms with Crippen LogP contribution in [0, 0.1) is 11.6 Å². The molecule has 0 aliphatic rings. The largest absolute Gasteiger partial charge is 0.489 e. The molecule has 0 saturated carbocycles. The molecule has 0 spiro atoms. The third kappa shape index (κ3) is 5.93. The Bertz CT molecular complexity index is 1390. The van der Waals surface area contributed by atoms with E-state index in [-0.39, 0.29) is 19.0 Å². The van der Waals surface area contributed by atoms with E-state index in [1.807, 2.05) is 12.1 Å². The average molecular weight is 491 g/mol. The standard InChI is InChI=1S/C27H23F2N3O4/c1-31-12-11-30-26(31)27(35)32(16-25(33)34)15-18-3-2-4-19(13-18)17-36-22-8-5-20(6-9-22)23-10-7-21(28)14-24(23)29/h2-14H,15-17H2,1H3,(H,33,34). The van der Waals surface area contributed by atoms with Crippen molar-refractivity contribution in [3.8, 4) is 16.9 Å². The second-order valence-electron chi connectivity index (χ2n) is 8.17. The van der Waals surface area contributed by atoms with Gasteiger partial charge in [-0.1, -0.05) is 36.4 Å². The summed E-state index contributed by atoms with van der Waals surface area (Å²) in [4.78, 5) is 29.4. The number of nitrogens with zero attached hydrogens (tertiary/aromatic N) is 3. The summed E-state index contributed by atoms with van der Waals surface area (Å²) >= 11 is 0. The molecule has 0 saturated heterocycles. The van der Waals surface area contributed by atoms with E-state index < -0.39 is 30.1 Å². The van der Waals surface area contributed by atoms with E-state index >= 15 is 0 Å². The molecule has 0 atom stereocenters. The topological polar surface area (TPSA) is 84.7 Å². The Hall–Kier alpha value is -4.53. The Morgan fingerprint density at radius 2 is 1.78 bits per heavy atom. The summed E-state index contributed by atoms with van der Waals surface area (Å²) in [6.45, 7) is -0.151. The molecule has 0 aliphatic carbocycles. The quantitative estimate of drug-likeness (QED) is 0.368. The highest BCUT2D eigenvalue weighted by Gasteiger charge is 2.22. The summed E-state index contributed by atoms with van der Waals surface area (Å²) in [7, 11) is 1.67. The lowest BCUT2D eigenvalue weighted by atomic mass is 10.1. The Balaban J connectivity index is 1.42. The molecule has 9 heteroatoms. The molecular formula is C27H23F2N3O4. The minimum Gasteiger partial charge on any atom is -0.489 e. The van der Waals surface area contributed by atoms with Crippen LogP contribution in [0.4, 0.5) is 8.78 Å². The summed E-state index contributed by atoms with van der Waals surface area (Å²) in [5, 5.41) is 9.28. The van der Waals surface area contributed by atoms with E-state index in [9.17, 15) is 23.5 Å². The molecular weight excluding hydrogens is 468 g/mol. The minimum atomic E-state index is -1.12. The van der Waals surface area contributed by atoms with Gasteiger partial charge in [-0.25, -0.2) is 13.8 Å². The van der Waals surface area contributed by atoms with Crippen LogP contribution in [0.1, 0.15) is 21.7 Å². The molecule has 0 bridgehead atoms. The first-order valence-corrected chi connectivity index (χ1v) is 11.0. The molecule has 0 unspecified atom stereocenters. The minimum absolute atomic E-state index is 0.0871. The number of aliphatic carboxylic acids is 1. The average Bonchev–Trinajstić information content (AvgIpc) is 3.28. The van der Waals surface area contributed by atoms with Gasteiger partial charge in [-0.3, -0.25) is 9.59 Å². The molecule has 4 aromatic rings. The van der Waals surface area contributed by atoms with Crippen LogP contribution in [0.25, 0.3) is 11.1 Å².